The van der Waals surface area contributed by atoms with Crippen LogP contribution in [0.2, 0.25) is 0 Å². The van der Waals surface area contributed by atoms with Crippen molar-refractivity contribution in [3.8, 4) is 11.5 Å². The number of hydrazone groups is 1. The Bertz CT molecular complexity index is 688. The lowest BCUT2D eigenvalue weighted by atomic mass is 10.2. The second-order valence-electron chi connectivity index (χ2n) is 5.12. The second-order valence-corrected chi connectivity index (χ2v) is 6.83. The zero-order valence-corrected chi connectivity index (χ0v) is 16.5. The molecule has 2 rings (SSSR count). The van der Waals surface area contributed by atoms with Crippen molar-refractivity contribution in [2.45, 2.75) is 33.6 Å². The fourth-order valence-corrected chi connectivity index (χ4v) is 2.98. The molecular weight excluding hydrogens is 390 g/mol. The lowest BCUT2D eigenvalue weighted by Gasteiger charge is -2.13. The average Bonchev–Trinajstić information content (AvgIpc) is 2.97. The normalized spacial score (nSPS) is 11.0. The summed E-state index contributed by atoms with van der Waals surface area (Å²) in [7, 11) is 0. The number of unbranched alkanes of at least 4 members (excludes halogenated alkanes) is 1. The van der Waals surface area contributed by atoms with Gasteiger partial charge in [0.15, 0.2) is 11.5 Å². The Balaban J connectivity index is 2.12. The largest absolute Gasteiger partial charge is 0.490 e. The first-order valence-electron chi connectivity index (χ1n) is 7.94. The van der Waals surface area contributed by atoms with E-state index in [1.54, 1.807) is 6.21 Å². The van der Waals surface area contributed by atoms with E-state index in [0.717, 1.165) is 45.2 Å². The molecule has 7 heteroatoms. The summed E-state index contributed by atoms with van der Waals surface area (Å²) in [6.07, 6.45) is 3.85. The molecule has 0 atom stereocenters. The van der Waals surface area contributed by atoms with Gasteiger partial charge in [-0.2, -0.15) is 5.10 Å². The van der Waals surface area contributed by atoms with Crippen LogP contribution >= 0.6 is 27.3 Å². The zero-order chi connectivity index (χ0) is 17.4. The molecular formula is C17H22BrN3O2S. The number of hydrogen-bond donors (Lipinski definition) is 1. The molecule has 1 aromatic carbocycles. The molecule has 0 radical (unpaired) electrons. The van der Waals surface area contributed by atoms with Crippen LogP contribution in [0.3, 0.4) is 0 Å². The van der Waals surface area contributed by atoms with Gasteiger partial charge in [-0.3, -0.25) is 5.43 Å². The van der Waals surface area contributed by atoms with Crippen molar-refractivity contribution in [2.75, 3.05) is 18.6 Å². The van der Waals surface area contributed by atoms with Crippen molar-refractivity contribution in [1.82, 2.24) is 4.98 Å². The predicted molar refractivity (Wildman–Crippen MR) is 104 cm³/mol. The highest BCUT2D eigenvalue weighted by Gasteiger charge is 2.10. The van der Waals surface area contributed by atoms with Gasteiger partial charge in [-0.25, -0.2) is 4.98 Å². The smallest absolute Gasteiger partial charge is 0.203 e. The summed E-state index contributed by atoms with van der Waals surface area (Å²) in [5.41, 5.74) is 4.82. The summed E-state index contributed by atoms with van der Waals surface area (Å²) in [6, 6.07) is 3.85. The van der Waals surface area contributed by atoms with Gasteiger partial charge >= 0.3 is 0 Å². The number of ether oxygens (including phenoxy) is 2. The highest BCUT2D eigenvalue weighted by atomic mass is 79.9. The molecule has 0 aliphatic rings. The molecule has 1 heterocycles. The summed E-state index contributed by atoms with van der Waals surface area (Å²) in [6.45, 7) is 7.31. The van der Waals surface area contributed by atoms with E-state index < -0.39 is 0 Å². The van der Waals surface area contributed by atoms with Crippen LogP contribution in [0.5, 0.6) is 11.5 Å². The summed E-state index contributed by atoms with van der Waals surface area (Å²) in [4.78, 5) is 4.30. The Labute approximate surface area is 155 Å². The van der Waals surface area contributed by atoms with Crippen molar-refractivity contribution in [3.63, 3.8) is 0 Å². The molecule has 1 N–H and O–H groups in total. The van der Waals surface area contributed by atoms with Crippen molar-refractivity contribution in [3.05, 3.63) is 33.2 Å². The van der Waals surface area contributed by atoms with E-state index >= 15 is 0 Å². The van der Waals surface area contributed by atoms with Crippen molar-refractivity contribution in [2.24, 2.45) is 5.10 Å². The van der Waals surface area contributed by atoms with Gasteiger partial charge in [0.05, 0.1) is 25.1 Å². The van der Waals surface area contributed by atoms with Crippen molar-refractivity contribution in [1.29, 1.82) is 0 Å². The van der Waals surface area contributed by atoms with E-state index in [1.807, 2.05) is 31.4 Å². The molecule has 5 nitrogen and oxygen atoms in total. The summed E-state index contributed by atoms with van der Waals surface area (Å²) >= 11 is 5.09. The summed E-state index contributed by atoms with van der Waals surface area (Å²) in [5, 5.41) is 6.98. The number of anilines is 1. The molecule has 2 aromatic rings. The number of rotatable bonds is 9. The van der Waals surface area contributed by atoms with E-state index in [0.29, 0.717) is 13.2 Å². The van der Waals surface area contributed by atoms with Gasteiger partial charge in [0.2, 0.25) is 5.13 Å². The van der Waals surface area contributed by atoms with Crippen LogP contribution in [-0.2, 0) is 0 Å². The molecule has 0 fully saturated rings. The fraction of sp³-hybridized carbons (Fsp3) is 0.412. The van der Waals surface area contributed by atoms with Gasteiger partial charge in [-0.05, 0) is 48.3 Å². The maximum Gasteiger partial charge on any atom is 0.203 e. The average molecular weight is 412 g/mol. The number of aryl methyl sites for hydroxylation is 1. The minimum atomic E-state index is 0.582. The van der Waals surface area contributed by atoms with E-state index in [-0.39, 0.29) is 0 Å². The third-order valence-electron chi connectivity index (χ3n) is 3.10. The molecule has 0 aliphatic heterocycles. The lowest BCUT2D eigenvalue weighted by molar-refractivity contribution is 0.272. The minimum Gasteiger partial charge on any atom is -0.490 e. The molecule has 0 saturated heterocycles. The van der Waals surface area contributed by atoms with Crippen LogP contribution in [0.25, 0.3) is 0 Å². The Morgan fingerprint density at radius 3 is 2.75 bits per heavy atom. The Hall–Kier alpha value is -1.60. The van der Waals surface area contributed by atoms with E-state index in [4.69, 9.17) is 9.47 Å². The van der Waals surface area contributed by atoms with Crippen LogP contribution in [0.4, 0.5) is 5.13 Å². The van der Waals surface area contributed by atoms with Crippen LogP contribution in [0, 0.1) is 6.92 Å². The van der Waals surface area contributed by atoms with Gasteiger partial charge in [0, 0.05) is 15.4 Å². The number of nitrogens with one attached hydrogen (secondary N) is 1. The topological polar surface area (TPSA) is 55.7 Å². The zero-order valence-electron chi connectivity index (χ0n) is 14.1. The molecule has 130 valence electrons. The number of aromatic nitrogens is 1. The van der Waals surface area contributed by atoms with Gasteiger partial charge in [0.25, 0.3) is 0 Å². The number of nitrogens with zero attached hydrogens (tertiary/aromatic N) is 2. The van der Waals surface area contributed by atoms with Gasteiger partial charge in [-0.15, -0.1) is 11.3 Å². The molecule has 0 aliphatic carbocycles. The molecule has 1 aromatic heterocycles. The van der Waals surface area contributed by atoms with Crippen molar-refractivity contribution >= 4 is 38.6 Å². The molecule has 0 bridgehead atoms. The molecule has 0 spiro atoms. The maximum absolute atomic E-state index is 5.82. The number of hydrogen-bond acceptors (Lipinski definition) is 6. The first kappa shape index (κ1) is 18.7. The first-order valence-corrected chi connectivity index (χ1v) is 9.61. The number of benzene rings is 1. The quantitative estimate of drug-likeness (QED) is 0.348. The second kappa shape index (κ2) is 9.64. The number of halogens is 1. The highest BCUT2D eigenvalue weighted by molar-refractivity contribution is 9.10. The molecule has 0 unspecified atom stereocenters. The van der Waals surface area contributed by atoms with E-state index in [9.17, 15) is 0 Å². The third-order valence-corrected chi connectivity index (χ3v) is 4.65. The SMILES string of the molecule is CCCCOc1cc(Br)c(C=NNc2nc(C)cs2)cc1OCC. The molecule has 0 saturated carbocycles. The Morgan fingerprint density at radius 1 is 1.29 bits per heavy atom. The third kappa shape index (κ3) is 5.49. The van der Waals surface area contributed by atoms with E-state index in [1.165, 1.54) is 11.3 Å². The standard InChI is InChI=1S/C17H22BrN3O2S/c1-4-6-7-23-16-9-14(18)13(8-15(16)22-5-2)10-19-21-17-20-12(3)11-24-17/h8-11H,4-7H2,1-3H3,(H,20,21). The van der Waals surface area contributed by atoms with Gasteiger partial charge in [-0.1, -0.05) is 13.3 Å². The predicted octanol–water partition coefficient (Wildman–Crippen LogP) is 5.24. The maximum atomic E-state index is 5.82. The van der Waals surface area contributed by atoms with Crippen LogP contribution in [-0.4, -0.2) is 24.4 Å². The monoisotopic (exact) mass is 411 g/mol. The van der Waals surface area contributed by atoms with Gasteiger partial charge < -0.3 is 9.47 Å². The van der Waals surface area contributed by atoms with Crippen LogP contribution in [0.1, 0.15) is 37.9 Å². The Kier molecular flexibility index (Phi) is 7.52. The van der Waals surface area contributed by atoms with Crippen LogP contribution in [0.15, 0.2) is 27.1 Å². The Morgan fingerprint density at radius 2 is 2.08 bits per heavy atom. The number of thiazole rings is 1. The molecule has 24 heavy (non-hydrogen) atoms. The lowest BCUT2D eigenvalue weighted by Crippen LogP contribution is -2.02. The fourth-order valence-electron chi connectivity index (χ4n) is 1.92. The summed E-state index contributed by atoms with van der Waals surface area (Å²) in [5.74, 6) is 1.47. The van der Waals surface area contributed by atoms with Crippen molar-refractivity contribution < 1.29 is 9.47 Å². The minimum absolute atomic E-state index is 0.582. The first-order chi connectivity index (χ1) is 11.6. The van der Waals surface area contributed by atoms with E-state index in [2.05, 4.69) is 38.4 Å². The highest BCUT2D eigenvalue weighted by Crippen LogP contribution is 2.33. The molecule has 0 amide bonds. The summed E-state index contributed by atoms with van der Waals surface area (Å²) < 4.78 is 12.4. The van der Waals surface area contributed by atoms with Gasteiger partial charge in [0.1, 0.15) is 0 Å². The van der Waals surface area contributed by atoms with Crippen LogP contribution < -0.4 is 14.9 Å².